The molecule has 0 aliphatic heterocycles. The molecule has 0 saturated heterocycles. The normalized spacial score (nSPS) is 16.2. The lowest BCUT2D eigenvalue weighted by Gasteiger charge is -2.13. The van der Waals surface area contributed by atoms with Gasteiger partial charge in [0.05, 0.1) is 19.4 Å². The summed E-state index contributed by atoms with van der Waals surface area (Å²) in [6, 6.07) is 7.82. The van der Waals surface area contributed by atoms with Crippen LogP contribution in [0.3, 0.4) is 0 Å². The second-order valence-corrected chi connectivity index (χ2v) is 3.99. The molecule has 0 bridgehead atoms. The Morgan fingerprint density at radius 1 is 1.44 bits per heavy atom. The number of rotatable bonds is 2. The number of benzene rings is 1. The van der Waals surface area contributed by atoms with Crippen molar-refractivity contribution in [1.29, 1.82) is 0 Å². The Balaban J connectivity index is 2.30. The van der Waals surface area contributed by atoms with Crippen molar-refractivity contribution in [3.8, 4) is 0 Å². The first-order chi connectivity index (χ1) is 7.72. The molecule has 0 spiro atoms. The van der Waals surface area contributed by atoms with Gasteiger partial charge in [-0.15, -0.1) is 0 Å². The van der Waals surface area contributed by atoms with Gasteiger partial charge in [-0.3, -0.25) is 4.85 Å². The highest BCUT2D eigenvalue weighted by molar-refractivity contribution is 5.85. The average Bonchev–Trinajstić information content (AvgIpc) is 2.69. The van der Waals surface area contributed by atoms with Crippen LogP contribution in [-0.4, -0.2) is 18.1 Å². The minimum atomic E-state index is -1.01. The van der Waals surface area contributed by atoms with Crippen LogP contribution in [0.5, 0.6) is 0 Å². The molecule has 1 aliphatic rings. The van der Waals surface area contributed by atoms with E-state index in [1.54, 1.807) is 6.92 Å². The SMILES string of the molecule is [C-]#[N+]C1(C(=O)OCC)Cc2ccccc2C1. The Hall–Kier alpha value is -1.82. The maximum Gasteiger partial charge on any atom is 0.394 e. The Morgan fingerprint density at radius 3 is 2.44 bits per heavy atom. The predicted molar refractivity (Wildman–Crippen MR) is 59.8 cm³/mol. The number of carbonyl (C=O) groups is 1. The van der Waals surface area contributed by atoms with Crippen molar-refractivity contribution >= 4 is 5.97 Å². The Bertz CT molecular complexity index is 434. The Kier molecular flexibility index (Phi) is 2.66. The summed E-state index contributed by atoms with van der Waals surface area (Å²) in [5, 5.41) is 0. The van der Waals surface area contributed by atoms with E-state index in [1.165, 1.54) is 0 Å². The van der Waals surface area contributed by atoms with Gasteiger partial charge >= 0.3 is 11.5 Å². The number of carbonyl (C=O) groups excluding carboxylic acids is 1. The summed E-state index contributed by atoms with van der Waals surface area (Å²) < 4.78 is 5.00. The first kappa shape index (κ1) is 10.7. The third kappa shape index (κ3) is 1.57. The Morgan fingerprint density at radius 2 is 2.00 bits per heavy atom. The molecule has 0 saturated carbocycles. The largest absolute Gasteiger partial charge is 0.460 e. The molecule has 0 radical (unpaired) electrons. The quantitative estimate of drug-likeness (QED) is 0.558. The van der Waals surface area contributed by atoms with Crippen molar-refractivity contribution in [3.05, 3.63) is 46.8 Å². The summed E-state index contributed by atoms with van der Waals surface area (Å²) in [5.41, 5.74) is 1.16. The molecular weight excluding hydrogens is 202 g/mol. The second-order valence-electron chi connectivity index (χ2n) is 3.99. The topological polar surface area (TPSA) is 30.7 Å². The van der Waals surface area contributed by atoms with Crippen molar-refractivity contribution in [3.63, 3.8) is 0 Å². The third-order valence-corrected chi connectivity index (χ3v) is 2.95. The molecule has 1 aliphatic carbocycles. The molecule has 0 heterocycles. The third-order valence-electron chi connectivity index (χ3n) is 2.95. The van der Waals surface area contributed by atoms with Crippen LogP contribution in [0.25, 0.3) is 4.85 Å². The van der Waals surface area contributed by atoms with Crippen LogP contribution in [0.1, 0.15) is 18.1 Å². The zero-order chi connectivity index (χ0) is 11.6. The number of ether oxygens (including phenoxy) is 1. The number of nitrogens with zero attached hydrogens (tertiary/aromatic N) is 1. The molecule has 16 heavy (non-hydrogen) atoms. The lowest BCUT2D eigenvalue weighted by atomic mass is 9.97. The molecule has 3 nitrogen and oxygen atoms in total. The summed E-state index contributed by atoms with van der Waals surface area (Å²) >= 11 is 0. The molecule has 0 amide bonds. The molecule has 0 fully saturated rings. The van der Waals surface area contributed by atoms with E-state index in [4.69, 9.17) is 11.3 Å². The number of hydrogen-bond acceptors (Lipinski definition) is 2. The summed E-state index contributed by atoms with van der Waals surface area (Å²) in [7, 11) is 0. The number of fused-ring (bicyclic) bond motifs is 1. The van der Waals surface area contributed by atoms with Gasteiger partial charge in [0.2, 0.25) is 0 Å². The predicted octanol–water partition coefficient (Wildman–Crippen LogP) is 2.01. The number of esters is 1. The lowest BCUT2D eigenvalue weighted by Crippen LogP contribution is -2.37. The van der Waals surface area contributed by atoms with Crippen LogP contribution in [0.4, 0.5) is 0 Å². The van der Waals surface area contributed by atoms with Crippen molar-refractivity contribution in [2.45, 2.75) is 25.3 Å². The summed E-state index contributed by atoms with van der Waals surface area (Å²) in [4.78, 5) is 15.4. The van der Waals surface area contributed by atoms with Crippen LogP contribution in [0.15, 0.2) is 24.3 Å². The fourth-order valence-electron chi connectivity index (χ4n) is 2.13. The highest BCUT2D eigenvalue weighted by Crippen LogP contribution is 2.34. The van der Waals surface area contributed by atoms with Gasteiger partial charge in [0, 0.05) is 0 Å². The van der Waals surface area contributed by atoms with Gasteiger partial charge < -0.3 is 4.74 Å². The van der Waals surface area contributed by atoms with Gasteiger partial charge in [0.1, 0.15) is 0 Å². The Labute approximate surface area is 94.9 Å². The minimum absolute atomic E-state index is 0.326. The van der Waals surface area contributed by atoms with Gasteiger partial charge in [-0.1, -0.05) is 24.3 Å². The van der Waals surface area contributed by atoms with Gasteiger partial charge in [-0.25, -0.2) is 11.4 Å². The van der Waals surface area contributed by atoms with Gasteiger partial charge in [-0.05, 0) is 18.1 Å². The smallest absolute Gasteiger partial charge is 0.394 e. The van der Waals surface area contributed by atoms with Crippen LogP contribution in [0.2, 0.25) is 0 Å². The van der Waals surface area contributed by atoms with Crippen molar-refractivity contribution in [2.75, 3.05) is 6.61 Å². The molecular formula is C13H13NO2. The van der Waals surface area contributed by atoms with Crippen molar-refractivity contribution in [1.82, 2.24) is 0 Å². The second kappa shape index (κ2) is 3.97. The van der Waals surface area contributed by atoms with E-state index in [2.05, 4.69) is 4.85 Å². The van der Waals surface area contributed by atoms with Crippen LogP contribution < -0.4 is 0 Å². The standard InChI is InChI=1S/C13H13NO2/c1-3-16-12(15)13(14-2)8-10-6-4-5-7-11(10)9-13/h4-7H,3,8-9H2,1H3. The molecule has 82 valence electrons. The van der Waals surface area contributed by atoms with E-state index in [0.717, 1.165) is 11.1 Å². The highest BCUT2D eigenvalue weighted by atomic mass is 16.5. The first-order valence-electron chi connectivity index (χ1n) is 5.34. The highest BCUT2D eigenvalue weighted by Gasteiger charge is 2.51. The van der Waals surface area contributed by atoms with Gasteiger partial charge in [0.15, 0.2) is 0 Å². The van der Waals surface area contributed by atoms with Crippen LogP contribution >= 0.6 is 0 Å². The maximum atomic E-state index is 11.8. The molecule has 2 rings (SSSR count). The van der Waals surface area contributed by atoms with E-state index in [0.29, 0.717) is 19.4 Å². The van der Waals surface area contributed by atoms with Crippen molar-refractivity contribution in [2.24, 2.45) is 0 Å². The van der Waals surface area contributed by atoms with Gasteiger partial charge in [-0.2, -0.15) is 0 Å². The van der Waals surface area contributed by atoms with E-state index in [-0.39, 0.29) is 5.97 Å². The average molecular weight is 215 g/mol. The van der Waals surface area contributed by atoms with Crippen LogP contribution in [0, 0.1) is 6.57 Å². The minimum Gasteiger partial charge on any atom is -0.460 e. The molecule has 1 aromatic carbocycles. The molecule has 1 aromatic rings. The monoisotopic (exact) mass is 215 g/mol. The maximum absolute atomic E-state index is 11.8. The zero-order valence-electron chi connectivity index (χ0n) is 9.19. The lowest BCUT2D eigenvalue weighted by molar-refractivity contribution is -0.147. The van der Waals surface area contributed by atoms with Crippen LogP contribution in [-0.2, 0) is 22.4 Å². The molecule has 3 heteroatoms. The summed E-state index contributed by atoms with van der Waals surface area (Å²) in [5.74, 6) is -0.388. The zero-order valence-corrected chi connectivity index (χ0v) is 9.19. The summed E-state index contributed by atoms with van der Waals surface area (Å²) in [6.45, 7) is 9.34. The first-order valence-corrected chi connectivity index (χ1v) is 5.34. The van der Waals surface area contributed by atoms with E-state index >= 15 is 0 Å². The molecule has 0 unspecified atom stereocenters. The van der Waals surface area contributed by atoms with E-state index < -0.39 is 5.54 Å². The fourth-order valence-corrected chi connectivity index (χ4v) is 2.13. The van der Waals surface area contributed by atoms with Gasteiger partial charge in [0.25, 0.3) is 0 Å². The molecule has 0 aromatic heterocycles. The molecule has 0 N–H and O–H groups in total. The number of hydrogen-bond donors (Lipinski definition) is 0. The molecule has 0 atom stereocenters. The van der Waals surface area contributed by atoms with E-state index in [9.17, 15) is 4.79 Å². The summed E-state index contributed by atoms with van der Waals surface area (Å²) in [6.07, 6.45) is 0.955. The fraction of sp³-hybridized carbons (Fsp3) is 0.385. The van der Waals surface area contributed by atoms with E-state index in [1.807, 2.05) is 24.3 Å². The van der Waals surface area contributed by atoms with Crippen molar-refractivity contribution < 1.29 is 9.53 Å².